The second kappa shape index (κ2) is 16.0. The summed E-state index contributed by atoms with van der Waals surface area (Å²) in [7, 11) is -0.666. The van der Waals surface area contributed by atoms with E-state index in [0.29, 0.717) is 19.7 Å². The minimum Gasteiger partial charge on any atom is -0.443 e. The normalized spacial score (nSPS) is 15.4. The van der Waals surface area contributed by atoms with Crippen LogP contribution in [-0.4, -0.2) is 85.0 Å². The Morgan fingerprint density at radius 2 is 0.808 bits per heavy atom. The molecule has 0 atom stereocenters. The Hall–Kier alpha value is -3.90. The van der Waals surface area contributed by atoms with Crippen LogP contribution in [0, 0.1) is 0 Å². The lowest BCUT2D eigenvalue weighted by Crippen LogP contribution is -2.45. The van der Waals surface area contributed by atoms with Crippen LogP contribution in [0.15, 0.2) is 29.3 Å². The molecule has 2 aromatic rings. The van der Waals surface area contributed by atoms with E-state index in [0.717, 1.165) is 0 Å². The molecule has 0 N–H and O–H groups in total. The highest BCUT2D eigenvalue weighted by Crippen LogP contribution is 2.36. The van der Waals surface area contributed by atoms with E-state index in [-0.39, 0.29) is 11.9 Å². The molecule has 0 spiro atoms. The number of aromatic nitrogens is 4. The molecule has 0 radical (unpaired) electrons. The molecule has 0 bridgehead atoms. The summed E-state index contributed by atoms with van der Waals surface area (Å²) in [4.78, 5) is 67.5. The summed E-state index contributed by atoms with van der Waals surface area (Å²) >= 11 is 3.19. The molecule has 52 heavy (non-hydrogen) atoms. The van der Waals surface area contributed by atoms with Crippen LogP contribution in [0.25, 0.3) is 0 Å². The molecule has 18 heteroatoms. The van der Waals surface area contributed by atoms with Crippen LogP contribution >= 0.6 is 15.9 Å². The standard InChI is InChI=1S/C20H32BN3O6.C14H20BrN3O4/c1-17(2,3)27-15(25)24(16(26)28-18(4,5)6)14-22-11-13(12-23-14)21-29-19(7,8)20(9,10)30-21;1-13(2,3)21-11(19)18(12(20)22-14(4,5)6)10-16-7-9(15)8-17-10/h11-12H,1-10H3;7-8H,1-6H3. The first-order chi connectivity index (χ1) is 23.3. The van der Waals surface area contributed by atoms with Crippen molar-refractivity contribution in [1.82, 2.24) is 19.9 Å². The number of carbonyl (C=O) groups excluding carboxylic acids is 4. The van der Waals surface area contributed by atoms with Crippen molar-refractivity contribution >= 4 is 64.8 Å². The first-order valence-electron chi connectivity index (χ1n) is 16.5. The quantitative estimate of drug-likeness (QED) is 0.222. The van der Waals surface area contributed by atoms with Crippen molar-refractivity contribution in [1.29, 1.82) is 0 Å². The molecule has 0 unspecified atom stereocenters. The van der Waals surface area contributed by atoms with E-state index in [1.54, 1.807) is 83.1 Å². The highest BCUT2D eigenvalue weighted by atomic mass is 79.9. The van der Waals surface area contributed by atoms with Gasteiger partial charge in [0.15, 0.2) is 0 Å². The highest BCUT2D eigenvalue weighted by molar-refractivity contribution is 9.10. The Balaban J connectivity index is 0.000000378. The summed E-state index contributed by atoms with van der Waals surface area (Å²) in [5.41, 5.74) is -3.66. The maximum absolute atomic E-state index is 12.7. The molecular formula is C34H52BBrN6O10. The topological polar surface area (TPSA) is 182 Å². The van der Waals surface area contributed by atoms with Crippen LogP contribution in [0.1, 0.15) is 111 Å². The fraction of sp³-hybridized carbons (Fsp3) is 0.647. The number of imide groups is 2. The van der Waals surface area contributed by atoms with E-state index in [2.05, 4.69) is 35.9 Å². The van der Waals surface area contributed by atoms with Crippen LogP contribution < -0.4 is 15.3 Å². The second-order valence-corrected chi connectivity index (χ2v) is 17.6. The van der Waals surface area contributed by atoms with Gasteiger partial charge < -0.3 is 28.3 Å². The van der Waals surface area contributed by atoms with E-state index >= 15 is 0 Å². The first-order valence-corrected chi connectivity index (χ1v) is 17.3. The number of anilines is 2. The van der Waals surface area contributed by atoms with Gasteiger partial charge in [-0.05, 0) is 127 Å². The highest BCUT2D eigenvalue weighted by Gasteiger charge is 2.52. The number of carbonyl (C=O) groups is 4. The van der Waals surface area contributed by atoms with E-state index in [4.69, 9.17) is 28.3 Å². The Labute approximate surface area is 314 Å². The molecule has 2 aromatic heterocycles. The number of halogens is 1. The largest absolute Gasteiger partial charge is 0.498 e. The summed E-state index contributed by atoms with van der Waals surface area (Å²) in [5.74, 6) is -0.287. The maximum atomic E-state index is 12.7. The van der Waals surface area contributed by atoms with Crippen LogP contribution in [0.4, 0.5) is 31.1 Å². The number of rotatable bonds is 3. The predicted molar refractivity (Wildman–Crippen MR) is 197 cm³/mol. The van der Waals surface area contributed by atoms with Gasteiger partial charge in [0.1, 0.15) is 22.4 Å². The zero-order valence-corrected chi connectivity index (χ0v) is 34.6. The van der Waals surface area contributed by atoms with Crippen LogP contribution in [0.5, 0.6) is 0 Å². The molecule has 0 saturated carbocycles. The minimum absolute atomic E-state index is 0.119. The molecule has 16 nitrogen and oxygen atoms in total. The number of ether oxygens (including phenoxy) is 4. The molecule has 1 fully saturated rings. The van der Waals surface area contributed by atoms with Crippen molar-refractivity contribution in [2.24, 2.45) is 0 Å². The molecule has 288 valence electrons. The number of nitrogens with zero attached hydrogens (tertiary/aromatic N) is 6. The summed E-state index contributed by atoms with van der Waals surface area (Å²) < 4.78 is 33.7. The lowest BCUT2D eigenvalue weighted by Gasteiger charge is -2.32. The smallest absolute Gasteiger partial charge is 0.443 e. The summed E-state index contributed by atoms with van der Waals surface area (Å²) in [6, 6.07) is 0. The van der Waals surface area contributed by atoms with Gasteiger partial charge in [-0.2, -0.15) is 0 Å². The van der Waals surface area contributed by atoms with E-state index < -0.39 is 65.1 Å². The monoisotopic (exact) mass is 794 g/mol. The van der Waals surface area contributed by atoms with Crippen LogP contribution in [0.2, 0.25) is 0 Å². The van der Waals surface area contributed by atoms with Crippen molar-refractivity contribution in [3.05, 3.63) is 29.3 Å². The first kappa shape index (κ1) is 44.3. The van der Waals surface area contributed by atoms with E-state index in [9.17, 15) is 19.2 Å². The third kappa shape index (κ3) is 13.6. The minimum atomic E-state index is -0.930. The zero-order chi connectivity index (χ0) is 40.3. The Morgan fingerprint density at radius 3 is 1.06 bits per heavy atom. The summed E-state index contributed by atoms with van der Waals surface area (Å²) in [6.45, 7) is 28.1. The molecular weight excluding hydrogens is 743 g/mol. The summed E-state index contributed by atoms with van der Waals surface area (Å²) in [6.07, 6.45) is 2.08. The summed E-state index contributed by atoms with van der Waals surface area (Å²) in [5, 5.41) is 0. The average molecular weight is 796 g/mol. The van der Waals surface area contributed by atoms with Crippen molar-refractivity contribution in [3.8, 4) is 0 Å². The van der Waals surface area contributed by atoms with Gasteiger partial charge in [0, 0.05) is 30.3 Å². The van der Waals surface area contributed by atoms with Crippen molar-refractivity contribution < 1.29 is 47.4 Å². The Bertz CT molecular complexity index is 1510. The number of amides is 4. The van der Waals surface area contributed by atoms with Gasteiger partial charge in [0.05, 0.1) is 15.7 Å². The molecule has 1 aliphatic heterocycles. The van der Waals surface area contributed by atoms with Crippen molar-refractivity contribution in [2.45, 2.75) is 144 Å². The van der Waals surface area contributed by atoms with E-state index in [1.807, 2.05) is 27.7 Å². The van der Waals surface area contributed by atoms with Gasteiger partial charge in [-0.3, -0.25) is 0 Å². The lowest BCUT2D eigenvalue weighted by molar-refractivity contribution is 0.00578. The molecule has 3 heterocycles. The van der Waals surface area contributed by atoms with Gasteiger partial charge in [-0.25, -0.2) is 39.1 Å². The molecule has 0 aromatic carbocycles. The van der Waals surface area contributed by atoms with E-state index in [1.165, 1.54) is 24.8 Å². The van der Waals surface area contributed by atoms with Crippen molar-refractivity contribution in [2.75, 3.05) is 9.80 Å². The fourth-order valence-corrected chi connectivity index (χ4v) is 3.88. The van der Waals surface area contributed by atoms with Gasteiger partial charge in [-0.15, -0.1) is 9.80 Å². The Morgan fingerprint density at radius 1 is 0.558 bits per heavy atom. The second-order valence-electron chi connectivity index (χ2n) is 16.7. The predicted octanol–water partition coefficient (Wildman–Crippen LogP) is 7.37. The fourth-order valence-electron chi connectivity index (χ4n) is 3.67. The van der Waals surface area contributed by atoms with Crippen LogP contribution in [-0.2, 0) is 28.3 Å². The van der Waals surface area contributed by atoms with Gasteiger partial charge in [0.25, 0.3) is 0 Å². The molecule has 0 aliphatic carbocycles. The van der Waals surface area contributed by atoms with Gasteiger partial charge in [0.2, 0.25) is 11.9 Å². The van der Waals surface area contributed by atoms with Gasteiger partial charge in [-0.1, -0.05) is 0 Å². The third-order valence-corrected chi connectivity index (χ3v) is 6.90. The number of hydrogen-bond acceptors (Lipinski definition) is 14. The third-order valence-electron chi connectivity index (χ3n) is 6.49. The number of hydrogen-bond donors (Lipinski definition) is 0. The SMILES string of the molecule is CC(C)(C)OC(=O)N(C(=O)OC(C)(C)C)c1ncc(B2OC(C)(C)C(C)(C)O2)cn1.CC(C)(C)OC(=O)N(C(=O)OC(C)(C)C)c1ncc(Br)cn1. The van der Waals surface area contributed by atoms with Gasteiger partial charge >= 0.3 is 31.5 Å². The lowest BCUT2D eigenvalue weighted by atomic mass is 9.81. The van der Waals surface area contributed by atoms with Crippen LogP contribution in [0.3, 0.4) is 0 Å². The van der Waals surface area contributed by atoms with Crippen molar-refractivity contribution in [3.63, 3.8) is 0 Å². The zero-order valence-electron chi connectivity index (χ0n) is 33.0. The molecule has 4 amide bonds. The molecule has 1 saturated heterocycles. The Kier molecular flexibility index (Phi) is 13.6. The molecule has 1 aliphatic rings. The molecule has 3 rings (SSSR count). The average Bonchev–Trinajstić information content (AvgIpc) is 3.13. The maximum Gasteiger partial charge on any atom is 0.498 e.